The molecular weight excluding hydrogens is 262 g/mol. The van der Waals surface area contributed by atoms with Gasteiger partial charge in [-0.1, -0.05) is 11.8 Å². The Morgan fingerprint density at radius 2 is 2.26 bits per heavy atom. The minimum atomic E-state index is -0.807. The summed E-state index contributed by atoms with van der Waals surface area (Å²) in [4.78, 5) is 17.1. The molecule has 0 aliphatic rings. The Balaban J connectivity index is 2.29. The van der Waals surface area contributed by atoms with Crippen LogP contribution in [0.1, 0.15) is 26.7 Å². The standard InChI is InChI=1S/C13H23N3O2S/c1-11(2)15(3)7-4-5-8-16-9-6-14-13(16)19-10-12(17)18/h6,9,11H,4-5,7-8,10H2,1-3H3,(H,17,18). The molecular formula is C13H23N3O2S. The molecule has 0 bridgehead atoms. The summed E-state index contributed by atoms with van der Waals surface area (Å²) in [5, 5.41) is 9.46. The summed E-state index contributed by atoms with van der Waals surface area (Å²) in [5.74, 6) is -0.745. The Hall–Kier alpha value is -1.01. The van der Waals surface area contributed by atoms with Crippen LogP contribution in [0.3, 0.4) is 0 Å². The van der Waals surface area contributed by atoms with Crippen LogP contribution in [-0.4, -0.2) is 50.9 Å². The van der Waals surface area contributed by atoms with Crippen LogP contribution in [-0.2, 0) is 11.3 Å². The average Bonchev–Trinajstić information content (AvgIpc) is 2.79. The van der Waals surface area contributed by atoms with Crippen molar-refractivity contribution in [3.8, 4) is 0 Å². The van der Waals surface area contributed by atoms with Crippen molar-refractivity contribution in [1.82, 2.24) is 14.5 Å². The maximum Gasteiger partial charge on any atom is 0.313 e. The lowest BCUT2D eigenvalue weighted by Crippen LogP contribution is -2.27. The molecule has 0 saturated heterocycles. The Kier molecular flexibility index (Phi) is 6.94. The van der Waals surface area contributed by atoms with Crippen molar-refractivity contribution < 1.29 is 9.90 Å². The lowest BCUT2D eigenvalue weighted by molar-refractivity contribution is -0.133. The number of hydrogen-bond acceptors (Lipinski definition) is 4. The largest absolute Gasteiger partial charge is 0.481 e. The lowest BCUT2D eigenvalue weighted by atomic mass is 10.2. The van der Waals surface area contributed by atoms with E-state index in [1.165, 1.54) is 11.8 Å². The van der Waals surface area contributed by atoms with E-state index in [2.05, 4.69) is 30.8 Å². The van der Waals surface area contributed by atoms with Crippen molar-refractivity contribution in [2.45, 2.75) is 44.4 Å². The molecule has 108 valence electrons. The van der Waals surface area contributed by atoms with Gasteiger partial charge in [-0.05, 0) is 40.3 Å². The number of aliphatic carboxylic acids is 1. The topological polar surface area (TPSA) is 58.4 Å². The van der Waals surface area contributed by atoms with Gasteiger partial charge < -0.3 is 14.6 Å². The summed E-state index contributed by atoms with van der Waals surface area (Å²) in [7, 11) is 2.13. The summed E-state index contributed by atoms with van der Waals surface area (Å²) < 4.78 is 2.03. The molecule has 0 fully saturated rings. The number of aryl methyl sites for hydroxylation is 1. The van der Waals surface area contributed by atoms with E-state index in [4.69, 9.17) is 5.11 Å². The van der Waals surface area contributed by atoms with E-state index in [9.17, 15) is 4.79 Å². The second-order valence-corrected chi connectivity index (χ2v) is 5.81. The first-order valence-corrected chi connectivity index (χ1v) is 7.55. The van der Waals surface area contributed by atoms with Crippen molar-refractivity contribution in [2.75, 3.05) is 19.3 Å². The predicted octanol–water partition coefficient (Wildman–Crippen LogP) is 2.18. The van der Waals surface area contributed by atoms with Gasteiger partial charge in [-0.15, -0.1) is 0 Å². The summed E-state index contributed by atoms with van der Waals surface area (Å²) in [5.41, 5.74) is 0. The number of carboxylic acid groups (broad SMARTS) is 1. The molecule has 1 aromatic rings. The van der Waals surface area contributed by atoms with Crippen LogP contribution < -0.4 is 0 Å². The number of unbranched alkanes of at least 4 members (excludes halogenated alkanes) is 1. The van der Waals surface area contributed by atoms with Crippen LogP contribution in [0.25, 0.3) is 0 Å². The number of carboxylic acids is 1. The van der Waals surface area contributed by atoms with Crippen LogP contribution in [0.4, 0.5) is 0 Å². The zero-order valence-electron chi connectivity index (χ0n) is 11.9. The molecule has 1 rings (SSSR count). The van der Waals surface area contributed by atoms with E-state index in [-0.39, 0.29) is 5.75 Å². The Morgan fingerprint density at radius 1 is 1.53 bits per heavy atom. The monoisotopic (exact) mass is 285 g/mol. The van der Waals surface area contributed by atoms with Gasteiger partial charge in [-0.2, -0.15) is 0 Å². The molecule has 0 aromatic carbocycles. The Morgan fingerprint density at radius 3 is 2.89 bits per heavy atom. The molecule has 0 radical (unpaired) electrons. The van der Waals surface area contributed by atoms with E-state index < -0.39 is 5.97 Å². The van der Waals surface area contributed by atoms with Gasteiger partial charge in [0.15, 0.2) is 5.16 Å². The minimum absolute atomic E-state index is 0.0626. The number of nitrogens with zero attached hydrogens (tertiary/aromatic N) is 3. The van der Waals surface area contributed by atoms with E-state index in [0.717, 1.165) is 31.1 Å². The van der Waals surface area contributed by atoms with Crippen molar-refractivity contribution in [3.05, 3.63) is 12.4 Å². The molecule has 6 heteroatoms. The molecule has 0 unspecified atom stereocenters. The van der Waals surface area contributed by atoms with Crippen molar-refractivity contribution >= 4 is 17.7 Å². The van der Waals surface area contributed by atoms with E-state index in [1.54, 1.807) is 6.20 Å². The molecule has 1 heterocycles. The summed E-state index contributed by atoms with van der Waals surface area (Å²) in [6.45, 7) is 6.37. The number of hydrogen-bond donors (Lipinski definition) is 1. The Bertz CT molecular complexity index is 393. The first kappa shape index (κ1) is 16.0. The van der Waals surface area contributed by atoms with Crippen molar-refractivity contribution in [1.29, 1.82) is 0 Å². The van der Waals surface area contributed by atoms with E-state index >= 15 is 0 Å². The zero-order valence-corrected chi connectivity index (χ0v) is 12.7. The zero-order chi connectivity index (χ0) is 14.3. The molecule has 0 aliphatic heterocycles. The number of rotatable bonds is 9. The average molecular weight is 285 g/mol. The van der Waals surface area contributed by atoms with Gasteiger partial charge in [-0.3, -0.25) is 4.79 Å². The lowest BCUT2D eigenvalue weighted by Gasteiger charge is -2.20. The fraction of sp³-hybridized carbons (Fsp3) is 0.692. The number of imidazole rings is 1. The normalized spacial score (nSPS) is 11.4. The second kappa shape index (κ2) is 8.22. The van der Waals surface area contributed by atoms with Gasteiger partial charge >= 0.3 is 5.97 Å². The third-order valence-electron chi connectivity index (χ3n) is 3.04. The smallest absolute Gasteiger partial charge is 0.313 e. The number of thioether (sulfide) groups is 1. The van der Waals surface area contributed by atoms with Gasteiger partial charge in [0, 0.05) is 25.0 Å². The quantitative estimate of drug-likeness (QED) is 0.556. The molecule has 0 aliphatic carbocycles. The third-order valence-corrected chi connectivity index (χ3v) is 4.03. The molecule has 0 atom stereocenters. The van der Waals surface area contributed by atoms with Crippen LogP contribution >= 0.6 is 11.8 Å². The fourth-order valence-electron chi connectivity index (χ4n) is 1.63. The minimum Gasteiger partial charge on any atom is -0.481 e. The highest BCUT2D eigenvalue weighted by atomic mass is 32.2. The number of aromatic nitrogens is 2. The van der Waals surface area contributed by atoms with Gasteiger partial charge in [0.25, 0.3) is 0 Å². The summed E-state index contributed by atoms with van der Waals surface area (Å²) in [6, 6.07) is 0.579. The highest BCUT2D eigenvalue weighted by Gasteiger charge is 2.07. The molecule has 0 spiro atoms. The molecule has 19 heavy (non-hydrogen) atoms. The molecule has 1 aromatic heterocycles. The maximum atomic E-state index is 10.5. The van der Waals surface area contributed by atoms with E-state index in [0.29, 0.717) is 6.04 Å². The predicted molar refractivity (Wildman–Crippen MR) is 77.6 cm³/mol. The van der Waals surface area contributed by atoms with Crippen molar-refractivity contribution in [3.63, 3.8) is 0 Å². The summed E-state index contributed by atoms with van der Waals surface area (Å²) >= 11 is 1.27. The van der Waals surface area contributed by atoms with Crippen molar-refractivity contribution in [2.24, 2.45) is 0 Å². The van der Waals surface area contributed by atoms with Crippen LogP contribution in [0.2, 0.25) is 0 Å². The Labute approximate surface area is 119 Å². The van der Waals surface area contributed by atoms with Crippen LogP contribution in [0, 0.1) is 0 Å². The van der Waals surface area contributed by atoms with Crippen LogP contribution in [0.15, 0.2) is 17.6 Å². The highest BCUT2D eigenvalue weighted by Crippen LogP contribution is 2.16. The van der Waals surface area contributed by atoms with Gasteiger partial charge in [0.2, 0.25) is 0 Å². The first-order valence-electron chi connectivity index (χ1n) is 6.56. The van der Waals surface area contributed by atoms with Gasteiger partial charge in [-0.25, -0.2) is 4.98 Å². The maximum absolute atomic E-state index is 10.5. The molecule has 0 amide bonds. The van der Waals surface area contributed by atoms with Gasteiger partial charge in [0.1, 0.15) is 0 Å². The fourth-order valence-corrected chi connectivity index (χ4v) is 2.34. The molecule has 5 nitrogen and oxygen atoms in total. The highest BCUT2D eigenvalue weighted by molar-refractivity contribution is 7.99. The number of carbonyl (C=O) groups is 1. The molecule has 0 saturated carbocycles. The van der Waals surface area contributed by atoms with Crippen LogP contribution in [0.5, 0.6) is 0 Å². The van der Waals surface area contributed by atoms with Gasteiger partial charge in [0.05, 0.1) is 5.75 Å². The SMILES string of the molecule is CC(C)N(C)CCCCn1ccnc1SCC(=O)O. The third kappa shape index (κ3) is 6.11. The first-order chi connectivity index (χ1) is 9.00. The summed E-state index contributed by atoms with van der Waals surface area (Å²) in [6.07, 6.45) is 5.85. The van der Waals surface area contributed by atoms with E-state index in [1.807, 2.05) is 10.8 Å². The molecule has 1 N–H and O–H groups in total. The second-order valence-electron chi connectivity index (χ2n) is 4.87.